The molecular weight excluding hydrogens is 240 g/mol. The molecule has 0 fully saturated rings. The number of rotatable bonds is 6. The molecule has 0 aliphatic rings. The average Bonchev–Trinajstić information content (AvgIpc) is 2.77. The molecule has 0 saturated carbocycles. The van der Waals surface area contributed by atoms with E-state index in [4.69, 9.17) is 10.8 Å². The summed E-state index contributed by atoms with van der Waals surface area (Å²) < 4.78 is 0. The van der Waals surface area contributed by atoms with E-state index in [-0.39, 0.29) is 13.2 Å². The maximum Gasteiger partial charge on any atom is 0.408 e. The Kier molecular flexibility index (Phi) is 5.14. The first-order chi connectivity index (χ1) is 8.13. The summed E-state index contributed by atoms with van der Waals surface area (Å²) in [4.78, 5) is 14.0. The Hall–Kier alpha value is -1.37. The summed E-state index contributed by atoms with van der Waals surface area (Å²) in [6, 6.07) is 3.08. The highest BCUT2D eigenvalue weighted by Gasteiger charge is 2.24. The third-order valence-electron chi connectivity index (χ3n) is 2.33. The first-order valence-corrected chi connectivity index (χ1v) is 5.95. The summed E-state index contributed by atoms with van der Waals surface area (Å²) in [6.07, 6.45) is 0.417. The maximum absolute atomic E-state index is 11.1. The second kappa shape index (κ2) is 6.39. The standard InChI is InChI=1S/C11H16N2O3S/c1-2-5-13(11(15)16)9(7-14)10-4-3-8(6-12)17-10/h2-4,9,14H,1,5-7,12H2,(H,15,16)/t9-/m1/s1. The Bertz CT molecular complexity index is 392. The van der Waals surface area contributed by atoms with Crippen LogP contribution in [0.15, 0.2) is 24.8 Å². The quantitative estimate of drug-likeness (QED) is 0.671. The number of carbonyl (C=O) groups is 1. The van der Waals surface area contributed by atoms with E-state index < -0.39 is 12.1 Å². The second-order valence-electron chi connectivity index (χ2n) is 3.43. The van der Waals surface area contributed by atoms with Gasteiger partial charge in [0.1, 0.15) is 0 Å². The predicted octanol–water partition coefficient (Wildman–Crippen LogP) is 1.41. The van der Waals surface area contributed by atoms with Crippen LogP contribution in [0.4, 0.5) is 4.79 Å². The van der Waals surface area contributed by atoms with E-state index in [1.807, 2.05) is 6.07 Å². The lowest BCUT2D eigenvalue weighted by Crippen LogP contribution is -2.35. The van der Waals surface area contributed by atoms with Gasteiger partial charge in [-0.05, 0) is 12.1 Å². The zero-order valence-corrected chi connectivity index (χ0v) is 10.2. The Labute approximate surface area is 104 Å². The van der Waals surface area contributed by atoms with Gasteiger partial charge in [-0.3, -0.25) is 4.90 Å². The van der Waals surface area contributed by atoms with Crippen LogP contribution in [0.3, 0.4) is 0 Å². The van der Waals surface area contributed by atoms with Crippen molar-refractivity contribution in [1.29, 1.82) is 0 Å². The van der Waals surface area contributed by atoms with Crippen molar-refractivity contribution in [3.63, 3.8) is 0 Å². The van der Waals surface area contributed by atoms with Gasteiger partial charge in [0.05, 0.1) is 12.6 Å². The Morgan fingerprint density at radius 3 is 2.76 bits per heavy atom. The fourth-order valence-electron chi connectivity index (χ4n) is 1.50. The van der Waals surface area contributed by atoms with Crippen molar-refractivity contribution in [1.82, 2.24) is 4.90 Å². The van der Waals surface area contributed by atoms with Crippen LogP contribution >= 0.6 is 11.3 Å². The van der Waals surface area contributed by atoms with Crippen molar-refractivity contribution in [3.8, 4) is 0 Å². The number of nitrogens with zero attached hydrogens (tertiary/aromatic N) is 1. The zero-order chi connectivity index (χ0) is 12.8. The summed E-state index contributed by atoms with van der Waals surface area (Å²) in [5.41, 5.74) is 5.50. The Balaban J connectivity index is 2.94. The van der Waals surface area contributed by atoms with Crippen LogP contribution in [0.5, 0.6) is 0 Å². The molecule has 4 N–H and O–H groups in total. The highest BCUT2D eigenvalue weighted by atomic mass is 32.1. The lowest BCUT2D eigenvalue weighted by atomic mass is 10.2. The van der Waals surface area contributed by atoms with Crippen LogP contribution in [-0.2, 0) is 6.54 Å². The molecule has 5 nitrogen and oxygen atoms in total. The molecule has 94 valence electrons. The van der Waals surface area contributed by atoms with Crippen LogP contribution in [0.2, 0.25) is 0 Å². The summed E-state index contributed by atoms with van der Waals surface area (Å²) >= 11 is 1.41. The molecule has 1 heterocycles. The first-order valence-electron chi connectivity index (χ1n) is 5.14. The zero-order valence-electron chi connectivity index (χ0n) is 9.37. The Morgan fingerprint density at radius 1 is 1.65 bits per heavy atom. The number of nitrogens with two attached hydrogens (primary N) is 1. The van der Waals surface area contributed by atoms with Gasteiger partial charge in [-0.1, -0.05) is 6.08 Å². The van der Waals surface area contributed by atoms with Gasteiger partial charge < -0.3 is 15.9 Å². The second-order valence-corrected chi connectivity index (χ2v) is 4.63. The number of thiophene rings is 1. The molecule has 0 radical (unpaired) electrons. The molecule has 17 heavy (non-hydrogen) atoms. The highest BCUT2D eigenvalue weighted by molar-refractivity contribution is 7.12. The normalized spacial score (nSPS) is 12.1. The number of aliphatic hydroxyl groups excluding tert-OH is 1. The van der Waals surface area contributed by atoms with Gasteiger partial charge in [0.2, 0.25) is 0 Å². The molecule has 0 bridgehead atoms. The minimum atomic E-state index is -1.08. The van der Waals surface area contributed by atoms with E-state index in [1.165, 1.54) is 17.4 Å². The molecule has 0 unspecified atom stereocenters. The molecule has 1 aromatic rings. The third-order valence-corrected chi connectivity index (χ3v) is 3.54. The van der Waals surface area contributed by atoms with Crippen LogP contribution in [0, 0.1) is 0 Å². The van der Waals surface area contributed by atoms with Crippen LogP contribution in [-0.4, -0.2) is 34.4 Å². The molecule has 0 aliphatic carbocycles. The van der Waals surface area contributed by atoms with Crippen LogP contribution in [0.1, 0.15) is 15.8 Å². The van der Waals surface area contributed by atoms with E-state index in [0.717, 1.165) is 14.7 Å². The van der Waals surface area contributed by atoms with Crippen molar-refractivity contribution in [2.75, 3.05) is 13.2 Å². The molecule has 1 aromatic heterocycles. The van der Waals surface area contributed by atoms with Gasteiger partial charge in [-0.15, -0.1) is 17.9 Å². The molecule has 0 aliphatic heterocycles. The summed E-state index contributed by atoms with van der Waals surface area (Å²) in [7, 11) is 0. The van der Waals surface area contributed by atoms with Crippen molar-refractivity contribution in [3.05, 3.63) is 34.5 Å². The lowest BCUT2D eigenvalue weighted by molar-refractivity contribution is 0.106. The van der Waals surface area contributed by atoms with Gasteiger partial charge in [0.25, 0.3) is 0 Å². The van der Waals surface area contributed by atoms with E-state index in [0.29, 0.717) is 6.54 Å². The number of carboxylic acid groups (broad SMARTS) is 1. The van der Waals surface area contributed by atoms with Crippen LogP contribution < -0.4 is 5.73 Å². The number of amides is 1. The monoisotopic (exact) mass is 256 g/mol. The molecule has 0 aromatic carbocycles. The van der Waals surface area contributed by atoms with Gasteiger partial charge in [-0.2, -0.15) is 0 Å². The minimum absolute atomic E-state index is 0.177. The summed E-state index contributed by atoms with van der Waals surface area (Å²) in [6.45, 7) is 3.84. The fraction of sp³-hybridized carbons (Fsp3) is 0.364. The molecule has 6 heteroatoms. The van der Waals surface area contributed by atoms with E-state index in [2.05, 4.69) is 6.58 Å². The molecule has 1 amide bonds. The maximum atomic E-state index is 11.1. The van der Waals surface area contributed by atoms with E-state index >= 15 is 0 Å². The molecule has 1 rings (SSSR count). The third kappa shape index (κ3) is 3.29. The van der Waals surface area contributed by atoms with E-state index in [1.54, 1.807) is 6.07 Å². The predicted molar refractivity (Wildman–Crippen MR) is 67.0 cm³/mol. The van der Waals surface area contributed by atoms with Gasteiger partial charge in [-0.25, -0.2) is 4.79 Å². The molecule has 1 atom stereocenters. The van der Waals surface area contributed by atoms with E-state index in [9.17, 15) is 9.90 Å². The van der Waals surface area contributed by atoms with Gasteiger partial charge >= 0.3 is 6.09 Å². The summed E-state index contributed by atoms with van der Waals surface area (Å²) in [5.74, 6) is 0. The topological polar surface area (TPSA) is 86.8 Å². The first kappa shape index (κ1) is 13.7. The highest BCUT2D eigenvalue weighted by Crippen LogP contribution is 2.27. The summed E-state index contributed by atoms with van der Waals surface area (Å²) in [5, 5.41) is 18.4. The van der Waals surface area contributed by atoms with Gasteiger partial charge in [0.15, 0.2) is 0 Å². The van der Waals surface area contributed by atoms with Crippen molar-refractivity contribution >= 4 is 17.4 Å². The SMILES string of the molecule is C=CCN(C(=O)O)[C@H](CO)c1ccc(CN)s1. The minimum Gasteiger partial charge on any atom is -0.465 e. The van der Waals surface area contributed by atoms with Crippen molar-refractivity contribution in [2.45, 2.75) is 12.6 Å². The van der Waals surface area contributed by atoms with Crippen LogP contribution in [0.25, 0.3) is 0 Å². The molecule has 0 saturated heterocycles. The largest absolute Gasteiger partial charge is 0.465 e. The average molecular weight is 256 g/mol. The van der Waals surface area contributed by atoms with Gasteiger partial charge in [0, 0.05) is 22.8 Å². The molecular formula is C11H16N2O3S. The number of hydrogen-bond donors (Lipinski definition) is 3. The molecule has 0 spiro atoms. The number of aliphatic hydroxyl groups is 1. The number of hydrogen-bond acceptors (Lipinski definition) is 4. The Morgan fingerprint density at radius 2 is 2.35 bits per heavy atom. The smallest absolute Gasteiger partial charge is 0.408 e. The van der Waals surface area contributed by atoms with Crippen molar-refractivity contribution < 1.29 is 15.0 Å². The van der Waals surface area contributed by atoms with Crippen molar-refractivity contribution in [2.24, 2.45) is 5.73 Å². The fourth-order valence-corrected chi connectivity index (χ4v) is 2.50. The lowest BCUT2D eigenvalue weighted by Gasteiger charge is -2.25.